The molecule has 1 atom stereocenters. The molecule has 4 nitrogen and oxygen atoms in total. The van der Waals surface area contributed by atoms with E-state index < -0.39 is 0 Å². The molecule has 26 heavy (non-hydrogen) atoms. The van der Waals surface area contributed by atoms with Gasteiger partial charge in [0.05, 0.1) is 6.54 Å². The molecule has 1 aliphatic rings. The van der Waals surface area contributed by atoms with Crippen molar-refractivity contribution in [2.45, 2.75) is 26.8 Å². The average Bonchev–Trinajstić information content (AvgIpc) is 3.27. The molecule has 0 radical (unpaired) electrons. The van der Waals surface area contributed by atoms with E-state index in [1.807, 2.05) is 11.3 Å². The molecule has 1 unspecified atom stereocenters. The maximum Gasteiger partial charge on any atom is 0.191 e. The third kappa shape index (κ3) is 6.16. The lowest BCUT2D eigenvalue weighted by molar-refractivity contribution is 0.566. The molecule has 0 amide bonds. The van der Waals surface area contributed by atoms with Gasteiger partial charge in [0, 0.05) is 41.6 Å². The van der Waals surface area contributed by atoms with Gasteiger partial charge in [-0.25, -0.2) is 4.99 Å². The Morgan fingerprint density at radius 1 is 1.19 bits per heavy atom. The van der Waals surface area contributed by atoms with Crippen molar-refractivity contribution in [1.29, 1.82) is 0 Å². The first kappa shape index (κ1) is 21.0. The fourth-order valence-electron chi connectivity index (χ4n) is 3.18. The Hall–Kier alpha value is -1.28. The molecule has 2 aromatic rings. The van der Waals surface area contributed by atoms with E-state index in [1.54, 1.807) is 0 Å². The molecule has 3 rings (SSSR count). The largest absolute Gasteiger partial charge is 0.371 e. The highest BCUT2D eigenvalue weighted by atomic mass is 127. The summed E-state index contributed by atoms with van der Waals surface area (Å²) in [5.74, 6) is 1.58. The molecule has 0 aliphatic carbocycles. The number of hydrogen-bond acceptors (Lipinski definition) is 3. The Balaban J connectivity index is 0.00000243. The summed E-state index contributed by atoms with van der Waals surface area (Å²) in [6.45, 7) is 9.10. The standard InChI is InChI=1S/C20H28N4S.HI/c1-3-21-20(23-14-19-10-9-16(2)25-19)22-13-17-11-12-24(15-17)18-7-5-4-6-8-18;/h4-10,17H,3,11-15H2,1-2H3,(H2,21,22,23);1H. The summed E-state index contributed by atoms with van der Waals surface area (Å²) in [6.07, 6.45) is 1.23. The van der Waals surface area contributed by atoms with E-state index in [-0.39, 0.29) is 24.0 Å². The van der Waals surface area contributed by atoms with Crippen molar-refractivity contribution >= 4 is 47.0 Å². The monoisotopic (exact) mass is 484 g/mol. The topological polar surface area (TPSA) is 39.7 Å². The van der Waals surface area contributed by atoms with Crippen molar-refractivity contribution in [3.05, 3.63) is 52.2 Å². The number of rotatable bonds is 6. The fourth-order valence-corrected chi connectivity index (χ4v) is 4.00. The highest BCUT2D eigenvalue weighted by Gasteiger charge is 2.22. The van der Waals surface area contributed by atoms with E-state index in [0.29, 0.717) is 5.92 Å². The number of aliphatic imine (C=N–C) groups is 1. The summed E-state index contributed by atoms with van der Waals surface area (Å²) in [5.41, 5.74) is 1.33. The lowest BCUT2D eigenvalue weighted by atomic mass is 10.1. The number of para-hydroxylation sites is 1. The Kier molecular flexibility index (Phi) is 8.71. The number of thiophene rings is 1. The van der Waals surface area contributed by atoms with Crippen molar-refractivity contribution in [3.8, 4) is 0 Å². The summed E-state index contributed by atoms with van der Waals surface area (Å²) in [6, 6.07) is 15.0. The first-order valence-electron chi connectivity index (χ1n) is 9.12. The highest BCUT2D eigenvalue weighted by Crippen LogP contribution is 2.23. The van der Waals surface area contributed by atoms with Gasteiger partial charge < -0.3 is 15.5 Å². The van der Waals surface area contributed by atoms with Gasteiger partial charge in [0.1, 0.15) is 0 Å². The maximum absolute atomic E-state index is 4.73. The molecule has 1 aromatic heterocycles. The van der Waals surface area contributed by atoms with Crippen LogP contribution >= 0.6 is 35.3 Å². The molecule has 142 valence electrons. The van der Waals surface area contributed by atoms with Crippen LogP contribution in [0.4, 0.5) is 5.69 Å². The molecule has 1 saturated heterocycles. The predicted molar refractivity (Wildman–Crippen MR) is 124 cm³/mol. The molecule has 0 spiro atoms. The van der Waals surface area contributed by atoms with Gasteiger partial charge in [-0.2, -0.15) is 0 Å². The highest BCUT2D eigenvalue weighted by molar-refractivity contribution is 14.0. The lowest BCUT2D eigenvalue weighted by Gasteiger charge is -2.19. The van der Waals surface area contributed by atoms with Gasteiger partial charge in [-0.15, -0.1) is 35.3 Å². The molecule has 0 bridgehead atoms. The molecule has 2 N–H and O–H groups in total. The fraction of sp³-hybridized carbons (Fsp3) is 0.450. The molecule has 2 heterocycles. The van der Waals surface area contributed by atoms with E-state index in [2.05, 4.69) is 71.8 Å². The number of hydrogen-bond donors (Lipinski definition) is 2. The van der Waals surface area contributed by atoms with E-state index in [9.17, 15) is 0 Å². The first-order chi connectivity index (χ1) is 12.2. The average molecular weight is 484 g/mol. The zero-order valence-electron chi connectivity index (χ0n) is 15.6. The zero-order valence-corrected chi connectivity index (χ0v) is 18.7. The summed E-state index contributed by atoms with van der Waals surface area (Å²) < 4.78 is 0. The van der Waals surface area contributed by atoms with Crippen LogP contribution in [0.25, 0.3) is 0 Å². The van der Waals surface area contributed by atoms with Gasteiger partial charge in [-0.1, -0.05) is 18.2 Å². The van der Waals surface area contributed by atoms with E-state index in [1.165, 1.54) is 21.9 Å². The van der Waals surface area contributed by atoms with Crippen LogP contribution < -0.4 is 15.5 Å². The van der Waals surface area contributed by atoms with Crippen LogP contribution in [-0.4, -0.2) is 32.1 Å². The van der Waals surface area contributed by atoms with Crippen molar-refractivity contribution in [2.75, 3.05) is 31.1 Å². The molecule has 1 aromatic carbocycles. The number of nitrogens with zero attached hydrogens (tertiary/aromatic N) is 2. The number of guanidine groups is 1. The van der Waals surface area contributed by atoms with Crippen molar-refractivity contribution in [3.63, 3.8) is 0 Å². The van der Waals surface area contributed by atoms with Crippen LogP contribution in [0.3, 0.4) is 0 Å². The quantitative estimate of drug-likeness (QED) is 0.366. The third-order valence-corrected chi connectivity index (χ3v) is 5.48. The van der Waals surface area contributed by atoms with E-state index in [0.717, 1.165) is 38.7 Å². The van der Waals surface area contributed by atoms with Crippen molar-refractivity contribution in [1.82, 2.24) is 10.6 Å². The first-order valence-corrected chi connectivity index (χ1v) is 9.93. The molecule has 1 aliphatic heterocycles. The number of nitrogens with one attached hydrogen (secondary N) is 2. The van der Waals surface area contributed by atoms with Crippen LogP contribution in [0.15, 0.2) is 47.5 Å². The van der Waals surface area contributed by atoms with E-state index >= 15 is 0 Å². The summed E-state index contributed by atoms with van der Waals surface area (Å²) in [4.78, 5) is 9.86. The normalized spacial score (nSPS) is 17.1. The number of halogens is 1. The number of benzene rings is 1. The van der Waals surface area contributed by atoms with Crippen LogP contribution in [0.2, 0.25) is 0 Å². The Bertz CT molecular complexity index is 686. The van der Waals surface area contributed by atoms with Gasteiger partial charge in [-0.3, -0.25) is 0 Å². The Labute approximate surface area is 178 Å². The SMILES string of the molecule is CCNC(=NCc1ccc(C)s1)NCC1CCN(c2ccccc2)C1.I. The summed E-state index contributed by atoms with van der Waals surface area (Å²) in [5, 5.41) is 6.88. The minimum atomic E-state index is 0. The number of aryl methyl sites for hydroxylation is 1. The van der Waals surface area contributed by atoms with Gasteiger partial charge in [0.25, 0.3) is 0 Å². The molecular weight excluding hydrogens is 455 g/mol. The van der Waals surface area contributed by atoms with Gasteiger partial charge in [0.2, 0.25) is 0 Å². The van der Waals surface area contributed by atoms with Crippen LogP contribution in [0.5, 0.6) is 0 Å². The maximum atomic E-state index is 4.73. The second-order valence-corrected chi connectivity index (χ2v) is 7.90. The van der Waals surface area contributed by atoms with Gasteiger partial charge in [0.15, 0.2) is 5.96 Å². The molecular formula is C20H29IN4S. The molecule has 6 heteroatoms. The van der Waals surface area contributed by atoms with Crippen molar-refractivity contribution < 1.29 is 0 Å². The predicted octanol–water partition coefficient (Wildman–Crippen LogP) is 4.26. The minimum absolute atomic E-state index is 0. The Morgan fingerprint density at radius 2 is 2.00 bits per heavy atom. The summed E-state index contributed by atoms with van der Waals surface area (Å²) in [7, 11) is 0. The second-order valence-electron chi connectivity index (χ2n) is 6.52. The zero-order chi connectivity index (χ0) is 17.5. The Morgan fingerprint density at radius 3 is 2.69 bits per heavy atom. The third-order valence-electron chi connectivity index (χ3n) is 4.50. The van der Waals surface area contributed by atoms with Gasteiger partial charge >= 0.3 is 0 Å². The van der Waals surface area contributed by atoms with Crippen LogP contribution in [0, 0.1) is 12.8 Å². The summed E-state index contributed by atoms with van der Waals surface area (Å²) >= 11 is 1.82. The molecule has 0 saturated carbocycles. The number of anilines is 1. The van der Waals surface area contributed by atoms with Gasteiger partial charge in [-0.05, 0) is 50.5 Å². The molecule has 1 fully saturated rings. The lowest BCUT2D eigenvalue weighted by Crippen LogP contribution is -2.40. The van der Waals surface area contributed by atoms with Crippen molar-refractivity contribution in [2.24, 2.45) is 10.9 Å². The smallest absolute Gasteiger partial charge is 0.191 e. The second kappa shape index (κ2) is 10.8. The minimum Gasteiger partial charge on any atom is -0.371 e. The van der Waals surface area contributed by atoms with Crippen LogP contribution in [-0.2, 0) is 6.54 Å². The van der Waals surface area contributed by atoms with E-state index in [4.69, 9.17) is 4.99 Å². The van der Waals surface area contributed by atoms with Crippen LogP contribution in [0.1, 0.15) is 23.1 Å².